The van der Waals surface area contributed by atoms with Crippen LogP contribution in [0.15, 0.2) is 48.5 Å². The molecule has 6 nitrogen and oxygen atoms in total. The number of amides is 3. The fraction of sp³-hybridized carbons (Fsp3) is 0.348. The van der Waals surface area contributed by atoms with Crippen molar-refractivity contribution in [1.29, 1.82) is 0 Å². The summed E-state index contributed by atoms with van der Waals surface area (Å²) in [4.78, 5) is 38.8. The first-order valence-corrected chi connectivity index (χ1v) is 10.0. The van der Waals surface area contributed by atoms with Crippen LogP contribution in [-0.2, 0) is 4.79 Å². The summed E-state index contributed by atoms with van der Waals surface area (Å²) in [6, 6.07) is 13.7. The number of rotatable bonds is 7. The van der Waals surface area contributed by atoms with E-state index >= 15 is 0 Å². The van der Waals surface area contributed by atoms with Crippen molar-refractivity contribution in [1.82, 2.24) is 4.90 Å². The van der Waals surface area contributed by atoms with E-state index in [4.69, 9.17) is 0 Å². The number of nitrogens with one attached hydrogen (secondary N) is 2. The molecule has 2 aromatic rings. The third-order valence-electron chi connectivity index (χ3n) is 5.28. The highest BCUT2D eigenvalue weighted by molar-refractivity contribution is 6.05. The average molecular weight is 393 g/mol. The van der Waals surface area contributed by atoms with E-state index in [2.05, 4.69) is 17.6 Å². The Hall–Kier alpha value is -3.15. The average Bonchev–Trinajstić information content (AvgIpc) is 3.46. The summed E-state index contributed by atoms with van der Waals surface area (Å²) >= 11 is 0. The normalized spacial score (nSPS) is 17.3. The van der Waals surface area contributed by atoms with Crippen LogP contribution in [0.2, 0.25) is 0 Å². The molecular formula is C23H27N3O3. The van der Waals surface area contributed by atoms with Crippen LogP contribution in [0.25, 0.3) is 0 Å². The Morgan fingerprint density at radius 2 is 1.59 bits per heavy atom. The minimum absolute atomic E-state index is 0.0318. The molecule has 0 spiro atoms. The Morgan fingerprint density at radius 1 is 0.931 bits per heavy atom. The number of carbonyl (C=O) groups excluding carboxylic acids is 3. The van der Waals surface area contributed by atoms with E-state index in [1.54, 1.807) is 53.4 Å². The van der Waals surface area contributed by atoms with Crippen molar-refractivity contribution in [2.45, 2.75) is 27.2 Å². The van der Waals surface area contributed by atoms with Gasteiger partial charge in [0.2, 0.25) is 5.91 Å². The molecule has 0 aromatic heterocycles. The second-order valence-corrected chi connectivity index (χ2v) is 7.40. The quantitative estimate of drug-likeness (QED) is 0.746. The zero-order valence-corrected chi connectivity index (χ0v) is 17.1. The Bertz CT molecular complexity index is 904. The van der Waals surface area contributed by atoms with Gasteiger partial charge in [0.05, 0.1) is 0 Å². The molecule has 2 unspecified atom stereocenters. The minimum Gasteiger partial charge on any atom is -0.339 e. The lowest BCUT2D eigenvalue weighted by Gasteiger charge is -2.19. The van der Waals surface area contributed by atoms with Crippen LogP contribution in [-0.4, -0.2) is 35.7 Å². The van der Waals surface area contributed by atoms with Gasteiger partial charge in [-0.25, -0.2) is 0 Å². The highest BCUT2D eigenvalue weighted by atomic mass is 16.2. The predicted molar refractivity (Wildman–Crippen MR) is 114 cm³/mol. The van der Waals surface area contributed by atoms with Crippen molar-refractivity contribution in [2.24, 2.45) is 11.8 Å². The molecule has 0 aliphatic heterocycles. The monoisotopic (exact) mass is 393 g/mol. The molecule has 3 rings (SSSR count). The first kappa shape index (κ1) is 20.6. The van der Waals surface area contributed by atoms with Gasteiger partial charge in [-0.3, -0.25) is 14.4 Å². The van der Waals surface area contributed by atoms with Crippen molar-refractivity contribution in [3.63, 3.8) is 0 Å². The first-order valence-electron chi connectivity index (χ1n) is 10.0. The van der Waals surface area contributed by atoms with Crippen molar-refractivity contribution in [3.05, 3.63) is 59.7 Å². The van der Waals surface area contributed by atoms with E-state index in [0.717, 1.165) is 6.42 Å². The van der Waals surface area contributed by atoms with Gasteiger partial charge in [-0.15, -0.1) is 0 Å². The lowest BCUT2D eigenvalue weighted by atomic mass is 10.1. The topological polar surface area (TPSA) is 78.5 Å². The Balaban J connectivity index is 1.63. The minimum atomic E-state index is -0.272. The lowest BCUT2D eigenvalue weighted by Crippen LogP contribution is -2.30. The third-order valence-corrected chi connectivity index (χ3v) is 5.28. The molecular weight excluding hydrogens is 366 g/mol. The fourth-order valence-corrected chi connectivity index (χ4v) is 3.25. The molecule has 0 radical (unpaired) electrons. The maximum Gasteiger partial charge on any atom is 0.255 e. The molecule has 3 amide bonds. The zero-order chi connectivity index (χ0) is 21.0. The van der Waals surface area contributed by atoms with Gasteiger partial charge in [-0.2, -0.15) is 0 Å². The van der Waals surface area contributed by atoms with Gasteiger partial charge >= 0.3 is 0 Å². The van der Waals surface area contributed by atoms with Gasteiger partial charge in [-0.05, 0) is 68.7 Å². The summed E-state index contributed by atoms with van der Waals surface area (Å²) in [5.41, 5.74) is 2.26. The molecule has 2 N–H and O–H groups in total. The second-order valence-electron chi connectivity index (χ2n) is 7.40. The van der Waals surface area contributed by atoms with E-state index in [-0.39, 0.29) is 23.6 Å². The van der Waals surface area contributed by atoms with E-state index in [0.29, 0.717) is 41.5 Å². The Kier molecular flexibility index (Phi) is 6.32. The van der Waals surface area contributed by atoms with Crippen LogP contribution in [0.3, 0.4) is 0 Å². The van der Waals surface area contributed by atoms with Crippen LogP contribution in [0.5, 0.6) is 0 Å². The van der Waals surface area contributed by atoms with Crippen LogP contribution < -0.4 is 10.6 Å². The molecule has 152 valence electrons. The van der Waals surface area contributed by atoms with Crippen LogP contribution in [0.4, 0.5) is 11.4 Å². The van der Waals surface area contributed by atoms with Gasteiger partial charge in [0.1, 0.15) is 0 Å². The summed E-state index contributed by atoms with van der Waals surface area (Å²) in [5, 5.41) is 5.70. The van der Waals surface area contributed by atoms with Crippen molar-refractivity contribution >= 4 is 29.1 Å². The number of carbonyl (C=O) groups is 3. The third kappa shape index (κ3) is 5.02. The van der Waals surface area contributed by atoms with Crippen LogP contribution >= 0.6 is 0 Å². The molecule has 0 bridgehead atoms. The summed E-state index contributed by atoms with van der Waals surface area (Å²) < 4.78 is 0. The number of hydrogen-bond donors (Lipinski definition) is 2. The van der Waals surface area contributed by atoms with E-state index in [1.165, 1.54) is 0 Å². The highest BCUT2D eigenvalue weighted by Crippen LogP contribution is 2.38. The van der Waals surface area contributed by atoms with Crippen molar-refractivity contribution in [2.75, 3.05) is 23.7 Å². The van der Waals surface area contributed by atoms with E-state index < -0.39 is 0 Å². The second kappa shape index (κ2) is 8.90. The molecule has 0 heterocycles. The van der Waals surface area contributed by atoms with Gasteiger partial charge in [0.25, 0.3) is 11.8 Å². The van der Waals surface area contributed by atoms with E-state index in [9.17, 15) is 14.4 Å². The number of hydrogen-bond acceptors (Lipinski definition) is 3. The van der Waals surface area contributed by atoms with Crippen LogP contribution in [0.1, 0.15) is 47.9 Å². The molecule has 29 heavy (non-hydrogen) atoms. The van der Waals surface area contributed by atoms with Crippen LogP contribution in [0, 0.1) is 11.8 Å². The Labute approximate surface area is 171 Å². The summed E-state index contributed by atoms with van der Waals surface area (Å²) in [7, 11) is 0. The van der Waals surface area contributed by atoms with Crippen molar-refractivity contribution < 1.29 is 14.4 Å². The number of benzene rings is 2. The number of anilines is 2. The summed E-state index contributed by atoms with van der Waals surface area (Å²) in [5.74, 6) is 0.250. The van der Waals surface area contributed by atoms with Gasteiger partial charge in [-0.1, -0.05) is 13.0 Å². The van der Waals surface area contributed by atoms with Gasteiger partial charge < -0.3 is 15.5 Å². The molecule has 1 fully saturated rings. The molecule has 1 aliphatic carbocycles. The van der Waals surface area contributed by atoms with Crippen molar-refractivity contribution in [3.8, 4) is 0 Å². The summed E-state index contributed by atoms with van der Waals surface area (Å²) in [6.07, 6.45) is 0.933. The van der Waals surface area contributed by atoms with Gasteiger partial charge in [0.15, 0.2) is 0 Å². The molecule has 2 atom stereocenters. The molecule has 1 aliphatic rings. The fourth-order valence-electron chi connectivity index (χ4n) is 3.25. The first-order chi connectivity index (χ1) is 13.9. The predicted octanol–water partition coefficient (Wildman–Crippen LogP) is 4.02. The Morgan fingerprint density at radius 3 is 2.17 bits per heavy atom. The SMILES string of the molecule is CCN(CC)C(=O)c1cccc(NC(=O)c2ccc(NC(=O)C3CC3C)cc2)c1. The highest BCUT2D eigenvalue weighted by Gasteiger charge is 2.39. The summed E-state index contributed by atoms with van der Waals surface area (Å²) in [6.45, 7) is 7.19. The smallest absolute Gasteiger partial charge is 0.255 e. The standard InChI is InChI=1S/C23H27N3O3/c1-4-26(5-2)23(29)17-7-6-8-19(14-17)25-21(27)16-9-11-18(12-10-16)24-22(28)20-13-15(20)3/h6-12,14-15,20H,4-5,13H2,1-3H3,(H,24,28)(H,25,27). The van der Waals surface area contributed by atoms with Gasteiger partial charge in [0, 0.05) is 41.5 Å². The maximum absolute atomic E-state index is 12.5. The van der Waals surface area contributed by atoms with E-state index in [1.807, 2.05) is 13.8 Å². The number of nitrogens with zero attached hydrogens (tertiary/aromatic N) is 1. The molecule has 1 saturated carbocycles. The largest absolute Gasteiger partial charge is 0.339 e. The lowest BCUT2D eigenvalue weighted by molar-refractivity contribution is -0.117. The molecule has 2 aromatic carbocycles. The molecule has 0 saturated heterocycles. The zero-order valence-electron chi connectivity index (χ0n) is 17.1. The maximum atomic E-state index is 12.5. The molecule has 6 heteroatoms.